The van der Waals surface area contributed by atoms with Crippen LogP contribution in [-0.2, 0) is 0 Å². The van der Waals surface area contributed by atoms with Gasteiger partial charge in [0.25, 0.3) is 0 Å². The predicted octanol–water partition coefficient (Wildman–Crippen LogP) is 3.51. The molecule has 112 valence electrons. The van der Waals surface area contributed by atoms with Crippen LogP contribution >= 0.6 is 11.3 Å². The van der Waals surface area contributed by atoms with Crippen LogP contribution in [0.15, 0.2) is 24.3 Å². The van der Waals surface area contributed by atoms with Crippen LogP contribution in [0.1, 0.15) is 54.2 Å². The van der Waals surface area contributed by atoms with Gasteiger partial charge in [-0.05, 0) is 25.5 Å². The number of nitrogens with one attached hydrogen (secondary N) is 1. The molecule has 2 unspecified atom stereocenters. The van der Waals surface area contributed by atoms with E-state index < -0.39 is 0 Å². The van der Waals surface area contributed by atoms with E-state index in [2.05, 4.69) is 41.5 Å². The Hall–Kier alpha value is -1.46. The minimum Gasteiger partial charge on any atom is -0.493 e. The van der Waals surface area contributed by atoms with Gasteiger partial charge in [-0.15, -0.1) is 10.2 Å². The molecule has 1 N–H and O–H groups in total. The predicted molar refractivity (Wildman–Crippen MR) is 85.0 cm³/mol. The van der Waals surface area contributed by atoms with Crippen molar-refractivity contribution in [3.8, 4) is 5.75 Å². The Labute approximate surface area is 129 Å². The minimum atomic E-state index is 0.316. The van der Waals surface area contributed by atoms with Crippen molar-refractivity contribution in [2.24, 2.45) is 0 Å². The first-order valence-electron chi connectivity index (χ1n) is 7.61. The van der Waals surface area contributed by atoms with Crippen LogP contribution in [0.2, 0.25) is 0 Å². The topological polar surface area (TPSA) is 47.0 Å². The largest absolute Gasteiger partial charge is 0.493 e. The van der Waals surface area contributed by atoms with Gasteiger partial charge in [0.15, 0.2) is 0 Å². The van der Waals surface area contributed by atoms with Crippen molar-refractivity contribution >= 4 is 11.3 Å². The van der Waals surface area contributed by atoms with E-state index in [1.54, 1.807) is 11.3 Å². The van der Waals surface area contributed by atoms with Crippen LogP contribution in [0.25, 0.3) is 0 Å². The summed E-state index contributed by atoms with van der Waals surface area (Å²) < 4.78 is 5.73. The molecule has 1 aliphatic heterocycles. The maximum Gasteiger partial charge on any atom is 0.134 e. The summed E-state index contributed by atoms with van der Waals surface area (Å²) in [4.78, 5) is 0. The van der Waals surface area contributed by atoms with E-state index in [1.807, 2.05) is 12.1 Å². The summed E-state index contributed by atoms with van der Waals surface area (Å²) >= 11 is 1.74. The molecule has 0 saturated carbocycles. The molecule has 4 nitrogen and oxygen atoms in total. The van der Waals surface area contributed by atoms with Gasteiger partial charge in [0, 0.05) is 11.5 Å². The van der Waals surface area contributed by atoms with Crippen LogP contribution in [0, 0.1) is 0 Å². The average molecular weight is 303 g/mol. The number of para-hydroxylation sites is 1. The number of hydrogen-bond donors (Lipinski definition) is 1. The molecule has 1 aliphatic rings. The molecule has 5 heteroatoms. The van der Waals surface area contributed by atoms with E-state index in [0.717, 1.165) is 41.8 Å². The molecule has 0 radical (unpaired) electrons. The number of rotatable bonds is 5. The van der Waals surface area contributed by atoms with Crippen molar-refractivity contribution in [2.45, 2.75) is 38.6 Å². The van der Waals surface area contributed by atoms with Crippen LogP contribution in [0.4, 0.5) is 0 Å². The number of ether oxygens (including phenoxy) is 1. The monoisotopic (exact) mass is 303 g/mol. The summed E-state index contributed by atoms with van der Waals surface area (Å²) in [5.74, 6) is 1.31. The molecule has 0 amide bonds. The number of nitrogens with zero attached hydrogens (tertiary/aromatic N) is 2. The van der Waals surface area contributed by atoms with Gasteiger partial charge < -0.3 is 10.1 Å². The summed E-state index contributed by atoms with van der Waals surface area (Å²) in [6.07, 6.45) is 2.01. The van der Waals surface area contributed by atoms with Crippen LogP contribution in [0.5, 0.6) is 5.75 Å². The third-order valence-electron chi connectivity index (χ3n) is 3.87. The molecule has 2 heterocycles. The Kier molecular flexibility index (Phi) is 4.51. The van der Waals surface area contributed by atoms with Gasteiger partial charge in [-0.1, -0.05) is 43.4 Å². The van der Waals surface area contributed by atoms with E-state index in [1.165, 1.54) is 5.56 Å². The Balaban J connectivity index is 1.87. The third-order valence-corrected chi connectivity index (χ3v) is 5.02. The Morgan fingerprint density at radius 1 is 1.33 bits per heavy atom. The molecule has 3 rings (SSSR count). The molecular weight excluding hydrogens is 282 g/mol. The molecule has 1 aromatic carbocycles. The molecule has 0 saturated heterocycles. The second-order valence-electron chi connectivity index (χ2n) is 5.22. The third kappa shape index (κ3) is 2.94. The standard InChI is InChI=1S/C16H21N3OS/c1-3-13(17-4-2)16-19-18-15(21-16)12-9-10-20-14-8-6-5-7-11(12)14/h5-8,12-13,17H,3-4,9-10H2,1-2H3. The Morgan fingerprint density at radius 2 is 2.19 bits per heavy atom. The lowest BCUT2D eigenvalue weighted by Crippen LogP contribution is -2.19. The number of benzene rings is 1. The molecular formula is C16H21N3OS. The zero-order valence-electron chi connectivity index (χ0n) is 12.5. The van der Waals surface area contributed by atoms with E-state index in [-0.39, 0.29) is 0 Å². The summed E-state index contributed by atoms with van der Waals surface area (Å²) in [7, 11) is 0. The molecule has 1 aromatic heterocycles. The lowest BCUT2D eigenvalue weighted by Gasteiger charge is -2.23. The quantitative estimate of drug-likeness (QED) is 0.918. The SMILES string of the molecule is CCNC(CC)c1nnc(C2CCOc3ccccc32)s1. The Bertz CT molecular complexity index is 599. The number of fused-ring (bicyclic) bond motifs is 1. The van der Waals surface area contributed by atoms with E-state index in [4.69, 9.17) is 4.74 Å². The van der Waals surface area contributed by atoms with Gasteiger partial charge >= 0.3 is 0 Å². The molecule has 21 heavy (non-hydrogen) atoms. The van der Waals surface area contributed by atoms with Gasteiger partial charge in [0.05, 0.1) is 12.6 Å². The molecule has 0 spiro atoms. The van der Waals surface area contributed by atoms with Crippen molar-refractivity contribution in [3.05, 3.63) is 39.8 Å². The average Bonchev–Trinajstić information content (AvgIpc) is 3.01. The lowest BCUT2D eigenvalue weighted by molar-refractivity contribution is 0.276. The summed E-state index contributed by atoms with van der Waals surface area (Å²) in [6, 6.07) is 8.58. The second kappa shape index (κ2) is 6.54. The number of aromatic nitrogens is 2. The first kappa shape index (κ1) is 14.5. The van der Waals surface area contributed by atoms with Crippen molar-refractivity contribution in [2.75, 3.05) is 13.2 Å². The fourth-order valence-corrected chi connectivity index (χ4v) is 3.94. The first-order chi connectivity index (χ1) is 10.3. The van der Waals surface area contributed by atoms with E-state index >= 15 is 0 Å². The first-order valence-corrected chi connectivity index (χ1v) is 8.43. The van der Waals surface area contributed by atoms with Crippen molar-refractivity contribution in [1.29, 1.82) is 0 Å². The highest BCUT2D eigenvalue weighted by Gasteiger charge is 2.26. The smallest absolute Gasteiger partial charge is 0.134 e. The Morgan fingerprint density at radius 3 is 3.00 bits per heavy atom. The van der Waals surface area contributed by atoms with Gasteiger partial charge in [-0.25, -0.2) is 0 Å². The lowest BCUT2D eigenvalue weighted by atomic mass is 9.94. The normalized spacial score (nSPS) is 18.9. The summed E-state index contributed by atoms with van der Waals surface area (Å²) in [5, 5.41) is 14.6. The minimum absolute atomic E-state index is 0.316. The second-order valence-corrected chi connectivity index (χ2v) is 6.27. The van der Waals surface area contributed by atoms with Gasteiger partial charge in [0.1, 0.15) is 15.8 Å². The fourth-order valence-electron chi connectivity index (χ4n) is 2.78. The molecule has 2 aromatic rings. The van der Waals surface area contributed by atoms with Crippen molar-refractivity contribution in [3.63, 3.8) is 0 Å². The highest BCUT2D eigenvalue weighted by atomic mass is 32.1. The van der Waals surface area contributed by atoms with E-state index in [0.29, 0.717) is 12.0 Å². The van der Waals surface area contributed by atoms with Crippen LogP contribution < -0.4 is 10.1 Å². The number of hydrogen-bond acceptors (Lipinski definition) is 5. The van der Waals surface area contributed by atoms with Gasteiger partial charge in [-0.3, -0.25) is 0 Å². The molecule has 2 atom stereocenters. The fraction of sp³-hybridized carbons (Fsp3) is 0.500. The maximum atomic E-state index is 5.73. The maximum absolute atomic E-state index is 5.73. The van der Waals surface area contributed by atoms with E-state index in [9.17, 15) is 0 Å². The van der Waals surface area contributed by atoms with Gasteiger partial charge in [-0.2, -0.15) is 0 Å². The molecule has 0 aliphatic carbocycles. The zero-order chi connectivity index (χ0) is 14.7. The highest BCUT2D eigenvalue weighted by Crippen LogP contribution is 2.39. The van der Waals surface area contributed by atoms with Crippen molar-refractivity contribution < 1.29 is 4.74 Å². The van der Waals surface area contributed by atoms with Crippen molar-refractivity contribution in [1.82, 2.24) is 15.5 Å². The molecule has 0 bridgehead atoms. The summed E-state index contributed by atoms with van der Waals surface area (Å²) in [5.41, 5.74) is 1.24. The van der Waals surface area contributed by atoms with Crippen LogP contribution in [-0.4, -0.2) is 23.3 Å². The van der Waals surface area contributed by atoms with Gasteiger partial charge in [0.2, 0.25) is 0 Å². The zero-order valence-corrected chi connectivity index (χ0v) is 13.3. The molecule has 0 fully saturated rings. The van der Waals surface area contributed by atoms with Crippen LogP contribution in [0.3, 0.4) is 0 Å². The highest BCUT2D eigenvalue weighted by molar-refractivity contribution is 7.11. The summed E-state index contributed by atoms with van der Waals surface area (Å²) in [6.45, 7) is 6.01.